The van der Waals surface area contributed by atoms with Crippen molar-refractivity contribution in [1.29, 1.82) is 0 Å². The molecule has 0 aromatic heterocycles. The molecule has 2 atom stereocenters. The number of nitrogens with zero attached hydrogens (tertiary/aromatic N) is 2. The third kappa shape index (κ3) is 2.46. The fourth-order valence-corrected chi connectivity index (χ4v) is 3.92. The molecule has 0 aliphatic carbocycles. The molecular formula is C18H23N3. The number of nitrogens with two attached hydrogens (primary N) is 1. The van der Waals surface area contributed by atoms with Crippen LogP contribution >= 0.6 is 0 Å². The predicted molar refractivity (Wildman–Crippen MR) is 87.4 cm³/mol. The monoisotopic (exact) mass is 281 g/mol. The van der Waals surface area contributed by atoms with E-state index in [4.69, 9.17) is 5.73 Å². The summed E-state index contributed by atoms with van der Waals surface area (Å²) in [6.45, 7) is 5.96. The Labute approximate surface area is 126 Å². The summed E-state index contributed by atoms with van der Waals surface area (Å²) in [5, 5.41) is 2.67. The van der Waals surface area contributed by atoms with Gasteiger partial charge in [0.05, 0.1) is 0 Å². The van der Waals surface area contributed by atoms with Gasteiger partial charge in [0.25, 0.3) is 0 Å². The molecule has 3 fully saturated rings. The molecule has 3 heteroatoms. The largest absolute Gasteiger partial charge is 0.326 e. The molecule has 0 saturated carbocycles. The van der Waals surface area contributed by atoms with E-state index in [2.05, 4.69) is 52.3 Å². The van der Waals surface area contributed by atoms with Crippen molar-refractivity contribution in [2.45, 2.75) is 18.5 Å². The minimum absolute atomic E-state index is 0.221. The van der Waals surface area contributed by atoms with Crippen LogP contribution in [-0.4, -0.2) is 54.6 Å². The van der Waals surface area contributed by atoms with Crippen LogP contribution in [0.15, 0.2) is 42.5 Å². The molecule has 3 aliphatic rings. The number of piperazine rings is 3. The lowest BCUT2D eigenvalue weighted by Crippen LogP contribution is -2.66. The van der Waals surface area contributed by atoms with Crippen LogP contribution in [-0.2, 0) is 6.42 Å². The maximum Gasteiger partial charge on any atom is 0.0378 e. The summed E-state index contributed by atoms with van der Waals surface area (Å²) >= 11 is 0. The van der Waals surface area contributed by atoms with E-state index in [9.17, 15) is 0 Å². The second kappa shape index (κ2) is 5.41. The molecule has 21 heavy (non-hydrogen) atoms. The van der Waals surface area contributed by atoms with Crippen molar-refractivity contribution in [3.63, 3.8) is 0 Å². The van der Waals surface area contributed by atoms with Crippen LogP contribution in [0.4, 0.5) is 0 Å². The Morgan fingerprint density at radius 1 is 1.00 bits per heavy atom. The second-order valence-corrected chi connectivity index (χ2v) is 6.41. The quantitative estimate of drug-likeness (QED) is 0.929. The number of hydrogen-bond donors (Lipinski definition) is 1. The maximum absolute atomic E-state index is 6.59. The van der Waals surface area contributed by atoms with Gasteiger partial charge in [-0.05, 0) is 22.8 Å². The molecule has 2 aromatic carbocycles. The highest BCUT2D eigenvalue weighted by atomic mass is 15.3. The van der Waals surface area contributed by atoms with Crippen molar-refractivity contribution in [3.05, 3.63) is 48.0 Å². The molecule has 3 aliphatic heterocycles. The van der Waals surface area contributed by atoms with E-state index in [1.165, 1.54) is 42.5 Å². The van der Waals surface area contributed by atoms with Crippen LogP contribution in [0.1, 0.15) is 5.56 Å². The highest BCUT2D eigenvalue weighted by Gasteiger charge is 2.35. The van der Waals surface area contributed by atoms with Crippen LogP contribution < -0.4 is 5.73 Å². The van der Waals surface area contributed by atoms with Crippen LogP contribution in [0.25, 0.3) is 10.8 Å². The molecule has 3 nitrogen and oxygen atoms in total. The Morgan fingerprint density at radius 2 is 1.76 bits per heavy atom. The molecule has 2 aromatic rings. The Kier molecular flexibility index (Phi) is 3.42. The summed E-state index contributed by atoms with van der Waals surface area (Å²) in [5.41, 5.74) is 7.98. The van der Waals surface area contributed by atoms with Gasteiger partial charge in [-0.25, -0.2) is 0 Å². The highest BCUT2D eigenvalue weighted by molar-refractivity contribution is 5.85. The van der Waals surface area contributed by atoms with Crippen LogP contribution in [0.2, 0.25) is 0 Å². The van der Waals surface area contributed by atoms with Crippen LogP contribution in [0, 0.1) is 0 Å². The average molecular weight is 281 g/mol. The van der Waals surface area contributed by atoms with Gasteiger partial charge in [-0.2, -0.15) is 0 Å². The summed E-state index contributed by atoms with van der Waals surface area (Å²) in [6, 6.07) is 15.9. The highest BCUT2D eigenvalue weighted by Crippen LogP contribution is 2.23. The van der Waals surface area contributed by atoms with Crippen molar-refractivity contribution in [1.82, 2.24) is 9.80 Å². The Balaban J connectivity index is 1.57. The molecule has 5 rings (SSSR count). The SMILES string of the molecule is NC(Cc1cccc2ccccc12)C1CN2CCN1CC2. The lowest BCUT2D eigenvalue weighted by Gasteiger charge is -2.49. The zero-order valence-corrected chi connectivity index (χ0v) is 12.4. The van der Waals surface area contributed by atoms with Crippen LogP contribution in [0.5, 0.6) is 0 Å². The van der Waals surface area contributed by atoms with E-state index in [1.807, 2.05) is 0 Å². The normalized spacial score (nSPS) is 29.7. The minimum Gasteiger partial charge on any atom is -0.326 e. The van der Waals surface area contributed by atoms with E-state index in [0.29, 0.717) is 6.04 Å². The lowest BCUT2D eigenvalue weighted by atomic mass is 9.92. The van der Waals surface area contributed by atoms with E-state index in [1.54, 1.807) is 0 Å². The zero-order valence-electron chi connectivity index (χ0n) is 12.4. The van der Waals surface area contributed by atoms with Crippen molar-refractivity contribution in [3.8, 4) is 0 Å². The molecule has 2 N–H and O–H groups in total. The van der Waals surface area contributed by atoms with Crippen molar-refractivity contribution in [2.75, 3.05) is 32.7 Å². The molecule has 110 valence electrons. The lowest BCUT2D eigenvalue weighted by molar-refractivity contribution is 0.00262. The van der Waals surface area contributed by atoms with Gasteiger partial charge in [0.1, 0.15) is 0 Å². The fourth-order valence-electron chi connectivity index (χ4n) is 3.92. The second-order valence-electron chi connectivity index (χ2n) is 6.41. The zero-order chi connectivity index (χ0) is 14.2. The number of benzene rings is 2. The van der Waals surface area contributed by atoms with Gasteiger partial charge in [-0.15, -0.1) is 0 Å². The third-order valence-electron chi connectivity index (χ3n) is 5.15. The average Bonchev–Trinajstić information content (AvgIpc) is 2.56. The molecule has 0 spiro atoms. The van der Waals surface area contributed by atoms with Crippen molar-refractivity contribution >= 4 is 10.8 Å². The van der Waals surface area contributed by atoms with Gasteiger partial charge in [0, 0.05) is 44.8 Å². The maximum atomic E-state index is 6.59. The first-order valence-corrected chi connectivity index (χ1v) is 8.00. The number of fused-ring (bicyclic) bond motifs is 4. The summed E-state index contributed by atoms with van der Waals surface area (Å²) in [4.78, 5) is 5.16. The smallest absolute Gasteiger partial charge is 0.0378 e. The predicted octanol–water partition coefficient (Wildman–Crippen LogP) is 1.71. The number of rotatable bonds is 3. The molecule has 3 heterocycles. The summed E-state index contributed by atoms with van der Waals surface area (Å²) in [6.07, 6.45) is 0.969. The Morgan fingerprint density at radius 3 is 2.52 bits per heavy atom. The van der Waals surface area contributed by atoms with E-state index < -0.39 is 0 Å². The molecule has 2 bridgehead atoms. The molecular weight excluding hydrogens is 258 g/mol. The van der Waals surface area contributed by atoms with E-state index in [0.717, 1.165) is 13.0 Å². The van der Waals surface area contributed by atoms with Crippen molar-refractivity contribution < 1.29 is 0 Å². The first kappa shape index (κ1) is 13.3. The van der Waals surface area contributed by atoms with Gasteiger partial charge in [-0.1, -0.05) is 42.5 Å². The first-order chi connectivity index (χ1) is 10.3. The summed E-state index contributed by atoms with van der Waals surface area (Å²) in [5.74, 6) is 0. The molecule has 2 unspecified atom stereocenters. The first-order valence-electron chi connectivity index (χ1n) is 8.00. The fraction of sp³-hybridized carbons (Fsp3) is 0.444. The molecule has 0 amide bonds. The van der Waals surface area contributed by atoms with E-state index in [-0.39, 0.29) is 6.04 Å². The van der Waals surface area contributed by atoms with Gasteiger partial charge in [0.2, 0.25) is 0 Å². The van der Waals surface area contributed by atoms with E-state index >= 15 is 0 Å². The minimum atomic E-state index is 0.221. The van der Waals surface area contributed by atoms with Gasteiger partial charge in [-0.3, -0.25) is 9.80 Å². The standard InChI is InChI=1S/C18H23N3/c19-17(18-13-20-8-10-21(18)11-9-20)12-15-6-3-5-14-4-1-2-7-16(14)15/h1-7,17-18H,8-13,19H2. The molecule has 3 saturated heterocycles. The van der Waals surface area contributed by atoms with Gasteiger partial charge >= 0.3 is 0 Å². The van der Waals surface area contributed by atoms with Crippen LogP contribution in [0.3, 0.4) is 0 Å². The Hall–Kier alpha value is -1.42. The number of hydrogen-bond acceptors (Lipinski definition) is 3. The summed E-state index contributed by atoms with van der Waals surface area (Å²) < 4.78 is 0. The Bertz CT molecular complexity index is 626. The topological polar surface area (TPSA) is 32.5 Å². The third-order valence-corrected chi connectivity index (χ3v) is 5.15. The van der Waals surface area contributed by atoms with Crippen molar-refractivity contribution in [2.24, 2.45) is 5.73 Å². The van der Waals surface area contributed by atoms with Gasteiger partial charge < -0.3 is 5.73 Å². The van der Waals surface area contributed by atoms with Gasteiger partial charge in [0.15, 0.2) is 0 Å². The summed E-state index contributed by atoms with van der Waals surface area (Å²) in [7, 11) is 0. The molecule has 0 radical (unpaired) electrons.